The Morgan fingerprint density at radius 3 is 2.70 bits per heavy atom. The molecule has 0 fully saturated rings. The minimum absolute atomic E-state index is 0.399. The largest absolute Gasteiger partial charge is 0.389 e. The quantitative estimate of drug-likeness (QED) is 0.679. The molecule has 0 heterocycles. The molecule has 0 amide bonds. The van der Waals surface area contributed by atoms with E-state index in [-0.39, 0.29) is 0 Å². The van der Waals surface area contributed by atoms with E-state index in [1.54, 1.807) is 0 Å². The second-order valence-electron chi connectivity index (χ2n) is 5.96. The highest BCUT2D eigenvalue weighted by atomic mass is 16.5. The van der Waals surface area contributed by atoms with E-state index >= 15 is 0 Å². The van der Waals surface area contributed by atoms with Crippen molar-refractivity contribution in [1.82, 2.24) is 0 Å². The Morgan fingerprint density at radius 1 is 1.25 bits per heavy atom. The molecule has 20 heavy (non-hydrogen) atoms. The van der Waals surface area contributed by atoms with E-state index in [2.05, 4.69) is 51.2 Å². The third-order valence-electron chi connectivity index (χ3n) is 3.30. The van der Waals surface area contributed by atoms with Crippen LogP contribution in [-0.4, -0.2) is 31.0 Å². The molecular formula is C17H29NO2. The topological polar surface area (TPSA) is 41.5 Å². The number of nitrogens with one attached hydrogen (secondary N) is 1. The van der Waals surface area contributed by atoms with Gasteiger partial charge < -0.3 is 15.2 Å². The van der Waals surface area contributed by atoms with Gasteiger partial charge in [0.2, 0.25) is 0 Å². The fourth-order valence-electron chi connectivity index (χ4n) is 2.03. The average molecular weight is 279 g/mol. The van der Waals surface area contributed by atoms with Crippen molar-refractivity contribution in [2.45, 2.75) is 46.6 Å². The second-order valence-corrected chi connectivity index (χ2v) is 5.96. The van der Waals surface area contributed by atoms with Gasteiger partial charge in [0.05, 0.1) is 12.7 Å². The van der Waals surface area contributed by atoms with Gasteiger partial charge in [-0.15, -0.1) is 0 Å². The van der Waals surface area contributed by atoms with Gasteiger partial charge in [-0.1, -0.05) is 26.0 Å². The van der Waals surface area contributed by atoms with Gasteiger partial charge in [0.15, 0.2) is 0 Å². The van der Waals surface area contributed by atoms with Gasteiger partial charge in [0, 0.05) is 18.8 Å². The van der Waals surface area contributed by atoms with Gasteiger partial charge in [-0.05, 0) is 49.8 Å². The van der Waals surface area contributed by atoms with Crippen molar-refractivity contribution in [1.29, 1.82) is 0 Å². The Balaban J connectivity index is 2.19. The van der Waals surface area contributed by atoms with E-state index in [9.17, 15) is 5.11 Å². The molecular weight excluding hydrogens is 250 g/mol. The highest BCUT2D eigenvalue weighted by Crippen LogP contribution is 2.16. The Morgan fingerprint density at radius 2 is 2.00 bits per heavy atom. The van der Waals surface area contributed by atoms with Crippen molar-refractivity contribution in [3.63, 3.8) is 0 Å². The summed E-state index contributed by atoms with van der Waals surface area (Å²) in [5.74, 6) is 0.717. The molecule has 1 unspecified atom stereocenters. The summed E-state index contributed by atoms with van der Waals surface area (Å²) in [5.41, 5.74) is 3.50. The van der Waals surface area contributed by atoms with Crippen LogP contribution in [-0.2, 0) is 4.74 Å². The SMILES string of the molecule is Cc1ccc(C)c(NCC(O)COCCCC(C)C)c1. The smallest absolute Gasteiger partial charge is 0.0945 e. The minimum Gasteiger partial charge on any atom is -0.389 e. The van der Waals surface area contributed by atoms with Crippen LogP contribution in [0.25, 0.3) is 0 Å². The molecule has 1 rings (SSSR count). The van der Waals surface area contributed by atoms with Crippen molar-refractivity contribution < 1.29 is 9.84 Å². The number of aliphatic hydroxyl groups is 1. The van der Waals surface area contributed by atoms with Crippen LogP contribution in [0, 0.1) is 19.8 Å². The normalized spacial score (nSPS) is 12.7. The third-order valence-corrected chi connectivity index (χ3v) is 3.30. The molecule has 1 aromatic carbocycles. The van der Waals surface area contributed by atoms with Gasteiger partial charge in [-0.2, -0.15) is 0 Å². The number of hydrogen-bond acceptors (Lipinski definition) is 3. The number of aliphatic hydroxyl groups excluding tert-OH is 1. The van der Waals surface area contributed by atoms with Crippen LogP contribution < -0.4 is 5.32 Å². The summed E-state index contributed by atoms with van der Waals surface area (Å²) < 4.78 is 5.50. The highest BCUT2D eigenvalue weighted by Gasteiger charge is 2.05. The Labute approximate surface area is 123 Å². The molecule has 0 saturated heterocycles. The lowest BCUT2D eigenvalue weighted by Crippen LogP contribution is -2.25. The van der Waals surface area contributed by atoms with E-state index in [4.69, 9.17) is 4.74 Å². The molecule has 0 aliphatic heterocycles. The summed E-state index contributed by atoms with van der Waals surface area (Å²) in [6.45, 7) is 10.2. The fourth-order valence-corrected chi connectivity index (χ4v) is 2.03. The Kier molecular flexibility index (Phi) is 7.63. The Bertz CT molecular complexity index is 391. The molecule has 1 atom stereocenters. The summed E-state index contributed by atoms with van der Waals surface area (Å²) in [5, 5.41) is 13.2. The number of rotatable bonds is 9. The molecule has 3 nitrogen and oxygen atoms in total. The van der Waals surface area contributed by atoms with Crippen LogP contribution in [0.3, 0.4) is 0 Å². The van der Waals surface area contributed by atoms with Crippen molar-refractivity contribution in [3.8, 4) is 0 Å². The maximum atomic E-state index is 9.89. The molecule has 114 valence electrons. The minimum atomic E-state index is -0.464. The second kappa shape index (κ2) is 8.98. The van der Waals surface area contributed by atoms with Crippen LogP contribution >= 0.6 is 0 Å². The predicted octanol–water partition coefficient (Wildman–Crippen LogP) is 3.53. The van der Waals surface area contributed by atoms with E-state index in [1.807, 2.05) is 0 Å². The van der Waals surface area contributed by atoms with Crippen molar-refractivity contribution in [3.05, 3.63) is 29.3 Å². The summed E-state index contributed by atoms with van der Waals surface area (Å²) >= 11 is 0. The third kappa shape index (κ3) is 6.92. The Hall–Kier alpha value is -1.06. The zero-order valence-corrected chi connectivity index (χ0v) is 13.3. The first kappa shape index (κ1) is 17.0. The number of anilines is 1. The van der Waals surface area contributed by atoms with Crippen LogP contribution in [0.1, 0.15) is 37.8 Å². The monoisotopic (exact) mass is 279 g/mol. The van der Waals surface area contributed by atoms with E-state index in [0.29, 0.717) is 13.2 Å². The number of hydrogen-bond donors (Lipinski definition) is 2. The summed E-state index contributed by atoms with van der Waals surface area (Å²) in [4.78, 5) is 0. The van der Waals surface area contributed by atoms with Crippen molar-refractivity contribution in [2.75, 3.05) is 25.1 Å². The van der Waals surface area contributed by atoms with Gasteiger partial charge in [0.25, 0.3) is 0 Å². The van der Waals surface area contributed by atoms with Crippen LogP contribution in [0.2, 0.25) is 0 Å². The van der Waals surface area contributed by atoms with Crippen LogP contribution in [0.4, 0.5) is 5.69 Å². The predicted molar refractivity (Wildman–Crippen MR) is 85.3 cm³/mol. The molecule has 0 aromatic heterocycles. The number of aryl methyl sites for hydroxylation is 2. The maximum Gasteiger partial charge on any atom is 0.0945 e. The summed E-state index contributed by atoms with van der Waals surface area (Å²) in [6, 6.07) is 6.28. The molecule has 0 saturated carbocycles. The maximum absolute atomic E-state index is 9.89. The molecule has 2 N–H and O–H groups in total. The van der Waals surface area contributed by atoms with Crippen LogP contribution in [0.5, 0.6) is 0 Å². The molecule has 3 heteroatoms. The lowest BCUT2D eigenvalue weighted by atomic mass is 10.1. The lowest BCUT2D eigenvalue weighted by Gasteiger charge is -2.15. The molecule has 0 bridgehead atoms. The summed E-state index contributed by atoms with van der Waals surface area (Å²) in [6.07, 6.45) is 1.78. The van der Waals surface area contributed by atoms with Gasteiger partial charge >= 0.3 is 0 Å². The van der Waals surface area contributed by atoms with E-state index in [0.717, 1.165) is 24.6 Å². The first-order valence-corrected chi connectivity index (χ1v) is 7.56. The van der Waals surface area contributed by atoms with Gasteiger partial charge in [-0.25, -0.2) is 0 Å². The van der Waals surface area contributed by atoms with Crippen molar-refractivity contribution in [2.24, 2.45) is 5.92 Å². The standard InChI is InChI=1S/C17H29NO2/c1-13(2)6-5-9-20-12-16(19)11-18-17-10-14(3)7-8-15(17)4/h7-8,10,13,16,18-19H,5-6,9,11-12H2,1-4H3. The zero-order valence-electron chi connectivity index (χ0n) is 13.3. The molecule has 0 aliphatic carbocycles. The van der Waals surface area contributed by atoms with Gasteiger partial charge in [-0.3, -0.25) is 0 Å². The average Bonchev–Trinajstić information content (AvgIpc) is 2.39. The van der Waals surface area contributed by atoms with Gasteiger partial charge in [0.1, 0.15) is 0 Å². The first-order chi connectivity index (χ1) is 9.49. The fraction of sp³-hybridized carbons (Fsp3) is 0.647. The molecule has 1 aromatic rings. The molecule has 0 radical (unpaired) electrons. The van der Waals surface area contributed by atoms with E-state index in [1.165, 1.54) is 17.5 Å². The highest BCUT2D eigenvalue weighted by molar-refractivity contribution is 5.52. The number of ether oxygens (including phenoxy) is 1. The van der Waals surface area contributed by atoms with E-state index < -0.39 is 6.10 Å². The molecule has 0 aliphatic rings. The number of benzene rings is 1. The zero-order chi connectivity index (χ0) is 15.0. The van der Waals surface area contributed by atoms with Crippen molar-refractivity contribution >= 4 is 5.69 Å². The first-order valence-electron chi connectivity index (χ1n) is 7.56. The summed E-state index contributed by atoms with van der Waals surface area (Å²) in [7, 11) is 0. The van der Waals surface area contributed by atoms with Crippen LogP contribution in [0.15, 0.2) is 18.2 Å². The lowest BCUT2D eigenvalue weighted by molar-refractivity contribution is 0.0409. The molecule has 0 spiro atoms.